The molecule has 3 atom stereocenters. The van der Waals surface area contributed by atoms with Crippen molar-refractivity contribution in [2.24, 2.45) is 11.8 Å². The summed E-state index contributed by atoms with van der Waals surface area (Å²) in [4.78, 5) is 23.6. The molecule has 0 aromatic heterocycles. The van der Waals surface area contributed by atoms with Crippen molar-refractivity contribution in [3.8, 4) is 0 Å². The molecule has 0 radical (unpaired) electrons. The number of carboxylic acids is 1. The van der Waals surface area contributed by atoms with Gasteiger partial charge in [-0.3, -0.25) is 0 Å². The van der Waals surface area contributed by atoms with Crippen LogP contribution in [0.3, 0.4) is 0 Å². The minimum absolute atomic E-state index is 0.106. The summed E-state index contributed by atoms with van der Waals surface area (Å²) in [5.41, 5.74) is -1.08. The number of amides is 2. The Morgan fingerprint density at radius 3 is 2.60 bits per heavy atom. The fourth-order valence-corrected chi connectivity index (χ4v) is 3.30. The van der Waals surface area contributed by atoms with Gasteiger partial charge >= 0.3 is 12.0 Å². The molecular weight excluding hydrogens is 256 g/mol. The van der Waals surface area contributed by atoms with Gasteiger partial charge in [-0.1, -0.05) is 32.6 Å². The molecule has 0 aliphatic heterocycles. The second-order valence-corrected chi connectivity index (χ2v) is 6.77. The molecule has 0 aromatic rings. The summed E-state index contributed by atoms with van der Waals surface area (Å²) < 4.78 is 0. The third-order valence-electron chi connectivity index (χ3n) is 4.52. The molecule has 5 nitrogen and oxygen atoms in total. The van der Waals surface area contributed by atoms with E-state index in [0.717, 1.165) is 25.2 Å². The zero-order chi connectivity index (χ0) is 14.8. The summed E-state index contributed by atoms with van der Waals surface area (Å²) in [6, 6.07) is -0.232. The molecule has 0 saturated heterocycles. The lowest BCUT2D eigenvalue weighted by atomic mass is 9.76. The summed E-state index contributed by atoms with van der Waals surface area (Å²) >= 11 is 0. The lowest BCUT2D eigenvalue weighted by Gasteiger charge is -2.37. The Balaban J connectivity index is 1.89. The van der Waals surface area contributed by atoms with Crippen LogP contribution in [0, 0.1) is 11.8 Å². The van der Waals surface area contributed by atoms with Crippen LogP contribution < -0.4 is 10.6 Å². The Bertz CT molecular complexity index is 381. The largest absolute Gasteiger partial charge is 0.480 e. The highest BCUT2D eigenvalue weighted by atomic mass is 16.4. The van der Waals surface area contributed by atoms with E-state index >= 15 is 0 Å². The highest BCUT2D eigenvalue weighted by molar-refractivity contribution is 5.86. The van der Waals surface area contributed by atoms with E-state index < -0.39 is 11.5 Å². The monoisotopic (exact) mass is 282 g/mol. The Morgan fingerprint density at radius 1 is 1.35 bits per heavy atom. The summed E-state index contributed by atoms with van der Waals surface area (Å²) in [5.74, 6) is 0.173. The molecule has 2 aliphatic carbocycles. The molecule has 0 aromatic carbocycles. The molecule has 2 rings (SSSR count). The highest BCUT2D eigenvalue weighted by Crippen LogP contribution is 2.34. The summed E-state index contributed by atoms with van der Waals surface area (Å²) in [6.45, 7) is 4.03. The summed E-state index contributed by atoms with van der Waals surface area (Å²) in [5, 5.41) is 15.1. The van der Waals surface area contributed by atoms with Crippen LogP contribution in [0.2, 0.25) is 0 Å². The zero-order valence-electron chi connectivity index (χ0n) is 12.4. The Labute approximate surface area is 120 Å². The van der Waals surface area contributed by atoms with Crippen LogP contribution in [0.1, 0.15) is 58.8 Å². The molecule has 0 spiro atoms. The fourth-order valence-electron chi connectivity index (χ4n) is 3.30. The van der Waals surface area contributed by atoms with Crippen molar-refractivity contribution in [1.82, 2.24) is 10.6 Å². The number of rotatable bonds is 5. The van der Waals surface area contributed by atoms with Crippen LogP contribution >= 0.6 is 0 Å². The van der Waals surface area contributed by atoms with Gasteiger partial charge in [0.15, 0.2) is 0 Å². The first-order valence-electron chi connectivity index (χ1n) is 7.73. The minimum Gasteiger partial charge on any atom is -0.480 e. The second kappa shape index (κ2) is 6.02. The van der Waals surface area contributed by atoms with Gasteiger partial charge in [0, 0.05) is 6.04 Å². The lowest BCUT2D eigenvalue weighted by Crippen LogP contribution is -2.59. The Hall–Kier alpha value is -1.26. The van der Waals surface area contributed by atoms with E-state index in [1.807, 2.05) is 13.8 Å². The molecule has 0 bridgehead atoms. The van der Waals surface area contributed by atoms with E-state index in [2.05, 4.69) is 10.6 Å². The van der Waals surface area contributed by atoms with Crippen molar-refractivity contribution in [2.45, 2.75) is 70.4 Å². The van der Waals surface area contributed by atoms with Gasteiger partial charge in [-0.15, -0.1) is 0 Å². The van der Waals surface area contributed by atoms with Gasteiger partial charge in [0.1, 0.15) is 5.54 Å². The van der Waals surface area contributed by atoms with E-state index in [9.17, 15) is 14.7 Å². The summed E-state index contributed by atoms with van der Waals surface area (Å²) in [7, 11) is 0. The molecule has 2 aliphatic rings. The number of carboxylic acid groups (broad SMARTS) is 1. The third-order valence-corrected chi connectivity index (χ3v) is 4.52. The molecular formula is C15H26N2O3. The van der Waals surface area contributed by atoms with Gasteiger partial charge in [0.25, 0.3) is 0 Å². The number of nitrogens with one attached hydrogen (secondary N) is 2. The maximum atomic E-state index is 12.1. The van der Waals surface area contributed by atoms with E-state index in [-0.39, 0.29) is 12.1 Å². The third kappa shape index (κ3) is 3.87. The van der Waals surface area contributed by atoms with Crippen molar-refractivity contribution < 1.29 is 14.7 Å². The van der Waals surface area contributed by atoms with Gasteiger partial charge < -0.3 is 15.7 Å². The van der Waals surface area contributed by atoms with Gasteiger partial charge in [-0.2, -0.15) is 0 Å². The molecule has 5 heteroatoms. The smallest absolute Gasteiger partial charge is 0.329 e. The number of urea groups is 1. The highest BCUT2D eigenvalue weighted by Gasteiger charge is 2.43. The average molecular weight is 282 g/mol. The molecule has 2 fully saturated rings. The van der Waals surface area contributed by atoms with Gasteiger partial charge in [0.2, 0.25) is 0 Å². The molecule has 114 valence electrons. The number of hydrogen-bond acceptors (Lipinski definition) is 2. The second-order valence-electron chi connectivity index (χ2n) is 6.77. The van der Waals surface area contributed by atoms with Crippen molar-refractivity contribution in [3.05, 3.63) is 0 Å². The van der Waals surface area contributed by atoms with Crippen LogP contribution in [-0.4, -0.2) is 28.7 Å². The predicted octanol–water partition coefficient (Wildman–Crippen LogP) is 2.51. The van der Waals surface area contributed by atoms with Gasteiger partial charge in [-0.25, -0.2) is 9.59 Å². The Morgan fingerprint density at radius 2 is 2.05 bits per heavy atom. The van der Waals surface area contributed by atoms with Crippen molar-refractivity contribution in [3.63, 3.8) is 0 Å². The molecule has 3 unspecified atom stereocenters. The minimum atomic E-state index is -1.08. The topological polar surface area (TPSA) is 78.4 Å². The quantitative estimate of drug-likeness (QED) is 0.725. The maximum absolute atomic E-state index is 12.1. The van der Waals surface area contributed by atoms with Gasteiger partial charge in [-0.05, 0) is 38.0 Å². The molecule has 0 heterocycles. The van der Waals surface area contributed by atoms with E-state index in [0.29, 0.717) is 18.8 Å². The normalized spacial score (nSPS) is 31.4. The van der Waals surface area contributed by atoms with Crippen LogP contribution in [0.25, 0.3) is 0 Å². The van der Waals surface area contributed by atoms with E-state index in [1.54, 1.807) is 0 Å². The maximum Gasteiger partial charge on any atom is 0.329 e. The predicted molar refractivity (Wildman–Crippen MR) is 76.5 cm³/mol. The average Bonchev–Trinajstić information content (AvgIpc) is 3.11. The lowest BCUT2D eigenvalue weighted by molar-refractivity contribution is -0.146. The molecule has 2 saturated carbocycles. The van der Waals surface area contributed by atoms with Crippen LogP contribution in [0.4, 0.5) is 4.79 Å². The van der Waals surface area contributed by atoms with Crippen LogP contribution in [0.5, 0.6) is 0 Å². The first-order chi connectivity index (χ1) is 9.41. The number of carbonyl (C=O) groups excluding carboxylic acids is 1. The fraction of sp³-hybridized carbons (Fsp3) is 0.867. The molecule has 3 N–H and O–H groups in total. The standard InChI is InChI=1S/C15H26N2O3/c1-10-4-3-7-15(9-10,13(18)19)17-14(20)16-11(2)8-12-5-6-12/h10-12H,3-9H2,1-2H3,(H,18,19)(H2,16,17,20). The number of carbonyl (C=O) groups is 2. The SMILES string of the molecule is CC1CCCC(NC(=O)NC(C)CC2CC2)(C(=O)O)C1. The van der Waals surface area contributed by atoms with E-state index in [1.165, 1.54) is 12.8 Å². The van der Waals surface area contributed by atoms with E-state index in [4.69, 9.17) is 0 Å². The molecule has 2 amide bonds. The van der Waals surface area contributed by atoms with Crippen molar-refractivity contribution >= 4 is 12.0 Å². The van der Waals surface area contributed by atoms with Crippen molar-refractivity contribution in [1.29, 1.82) is 0 Å². The number of aliphatic carboxylic acids is 1. The first-order valence-corrected chi connectivity index (χ1v) is 7.73. The van der Waals surface area contributed by atoms with Crippen molar-refractivity contribution in [2.75, 3.05) is 0 Å². The Kier molecular flexibility index (Phi) is 4.55. The zero-order valence-corrected chi connectivity index (χ0v) is 12.4. The van der Waals surface area contributed by atoms with Crippen LogP contribution in [-0.2, 0) is 4.79 Å². The number of hydrogen-bond donors (Lipinski definition) is 3. The first kappa shape index (κ1) is 15.1. The van der Waals surface area contributed by atoms with Gasteiger partial charge in [0.05, 0.1) is 0 Å². The van der Waals surface area contributed by atoms with Crippen LogP contribution in [0.15, 0.2) is 0 Å². The summed E-state index contributed by atoms with van der Waals surface area (Å²) in [6.07, 6.45) is 6.43. The molecule has 20 heavy (non-hydrogen) atoms.